The molecule has 354 valence electrons. The third kappa shape index (κ3) is 46.7. The first kappa shape index (κ1) is 59.2. The summed E-state index contributed by atoms with van der Waals surface area (Å²) in [6.07, 6.45) is 32.5. The number of phosphoric acid groups is 1. The maximum absolute atomic E-state index is 12.7. The van der Waals surface area contributed by atoms with Crippen LogP contribution >= 0.6 is 7.82 Å². The van der Waals surface area contributed by atoms with Gasteiger partial charge in [0.1, 0.15) is 19.8 Å². The van der Waals surface area contributed by atoms with E-state index in [0.29, 0.717) is 23.9 Å². The Morgan fingerprint density at radius 2 is 0.855 bits per heavy atom. The smallest absolute Gasteiger partial charge is 0.306 e. The van der Waals surface area contributed by atoms with E-state index >= 15 is 0 Å². The lowest BCUT2D eigenvalue weighted by Gasteiger charge is -2.28. The Morgan fingerprint density at radius 1 is 0.500 bits per heavy atom. The van der Waals surface area contributed by atoms with Crippen molar-refractivity contribution in [2.24, 2.45) is 0 Å². The lowest BCUT2D eigenvalue weighted by Crippen LogP contribution is -2.37. The minimum atomic E-state index is -4.65. The lowest BCUT2D eigenvalue weighted by atomic mass is 10.1. The van der Waals surface area contributed by atoms with Crippen LogP contribution in [0.25, 0.3) is 0 Å². The van der Waals surface area contributed by atoms with Crippen LogP contribution < -0.4 is 4.89 Å². The first-order valence-electron chi connectivity index (χ1n) is 24.7. The molecule has 0 saturated carbocycles. The van der Waals surface area contributed by atoms with Crippen molar-refractivity contribution in [3.05, 3.63) is 0 Å². The number of quaternary nitrogens is 1. The van der Waals surface area contributed by atoms with Crippen LogP contribution in [0, 0.1) is 47.4 Å². The summed E-state index contributed by atoms with van der Waals surface area (Å²) >= 11 is 0. The van der Waals surface area contributed by atoms with Gasteiger partial charge in [0, 0.05) is 38.5 Å². The fourth-order valence-electron chi connectivity index (χ4n) is 6.40. The molecule has 2 atom stereocenters. The Balaban J connectivity index is 4.37. The number of carbonyl (C=O) groups is 2. The van der Waals surface area contributed by atoms with Crippen LogP contribution in [0.2, 0.25) is 0 Å². The molecule has 1 unspecified atom stereocenters. The number of hydrogen-bond donors (Lipinski definition) is 0. The minimum Gasteiger partial charge on any atom is -0.756 e. The van der Waals surface area contributed by atoms with Gasteiger partial charge in [0.15, 0.2) is 6.10 Å². The van der Waals surface area contributed by atoms with Crippen molar-refractivity contribution in [1.82, 2.24) is 0 Å². The molecule has 0 spiro atoms. The van der Waals surface area contributed by atoms with E-state index in [1.807, 2.05) is 21.1 Å². The van der Waals surface area contributed by atoms with Crippen molar-refractivity contribution in [2.45, 2.75) is 225 Å². The molecule has 0 aliphatic heterocycles. The van der Waals surface area contributed by atoms with E-state index < -0.39 is 32.5 Å². The summed E-state index contributed by atoms with van der Waals surface area (Å²) in [5, 5.41) is 0. The van der Waals surface area contributed by atoms with Crippen LogP contribution in [0.5, 0.6) is 0 Å². The number of likely N-dealkylation sites (N-methyl/N-ethyl adjacent to an activating group) is 1. The predicted octanol–water partition coefficient (Wildman–Crippen LogP) is 12.2. The van der Waals surface area contributed by atoms with E-state index in [1.165, 1.54) is 83.5 Å². The van der Waals surface area contributed by atoms with Crippen molar-refractivity contribution >= 4 is 19.8 Å². The third-order valence-corrected chi connectivity index (χ3v) is 11.3. The zero-order valence-corrected chi connectivity index (χ0v) is 41.1. The van der Waals surface area contributed by atoms with E-state index in [-0.39, 0.29) is 26.1 Å². The van der Waals surface area contributed by atoms with Crippen LogP contribution in [0.3, 0.4) is 0 Å². The zero-order chi connectivity index (χ0) is 45.7. The highest BCUT2D eigenvalue weighted by molar-refractivity contribution is 7.45. The fourth-order valence-corrected chi connectivity index (χ4v) is 7.13. The van der Waals surface area contributed by atoms with Crippen molar-refractivity contribution in [1.29, 1.82) is 0 Å². The maximum atomic E-state index is 12.7. The molecule has 0 amide bonds. The Labute approximate surface area is 380 Å². The highest BCUT2D eigenvalue weighted by atomic mass is 31.2. The summed E-state index contributed by atoms with van der Waals surface area (Å²) in [5.74, 6) is 23.7. The van der Waals surface area contributed by atoms with E-state index in [1.54, 1.807) is 0 Å². The molecule has 9 nitrogen and oxygen atoms in total. The van der Waals surface area contributed by atoms with Crippen LogP contribution in [0.15, 0.2) is 0 Å². The second-order valence-electron chi connectivity index (χ2n) is 17.6. The zero-order valence-electron chi connectivity index (χ0n) is 40.2. The summed E-state index contributed by atoms with van der Waals surface area (Å²) < 4.78 is 33.9. The van der Waals surface area contributed by atoms with Gasteiger partial charge in [0.2, 0.25) is 0 Å². The van der Waals surface area contributed by atoms with Crippen molar-refractivity contribution in [2.75, 3.05) is 47.5 Å². The van der Waals surface area contributed by atoms with Crippen LogP contribution in [0.4, 0.5) is 0 Å². The highest BCUT2D eigenvalue weighted by Gasteiger charge is 2.21. The quantitative estimate of drug-likeness (QED) is 0.0197. The standard InChI is InChI=1S/C52H88NO8P/c1-6-8-10-12-14-16-18-20-22-24-26-28-30-32-34-36-38-40-42-44-51(54)58-48-50(49-60-62(56,57)59-47-46-53(3,4)5)61-52(55)45-43-41-39-37-35-33-31-29-27-25-23-21-19-17-15-13-11-9-7-2/h50H,6-21,30-49H2,1-5H3/t50-/m1/s1. The van der Waals surface area contributed by atoms with E-state index in [0.717, 1.165) is 96.3 Å². The highest BCUT2D eigenvalue weighted by Crippen LogP contribution is 2.38. The van der Waals surface area contributed by atoms with Crippen molar-refractivity contribution in [3.63, 3.8) is 0 Å². The topological polar surface area (TPSA) is 111 Å². The molecule has 0 aliphatic rings. The minimum absolute atomic E-state index is 0.0477. The third-order valence-electron chi connectivity index (χ3n) is 10.3. The van der Waals surface area contributed by atoms with Gasteiger partial charge in [-0.3, -0.25) is 14.2 Å². The molecule has 62 heavy (non-hydrogen) atoms. The molecule has 0 saturated heterocycles. The average molecular weight is 886 g/mol. The van der Waals surface area contributed by atoms with Crippen LogP contribution in [-0.4, -0.2) is 70.0 Å². The number of unbranched alkanes of at least 4 members (excludes halogenated alkanes) is 26. The summed E-state index contributed by atoms with van der Waals surface area (Å²) in [6.45, 7) is 4.11. The summed E-state index contributed by atoms with van der Waals surface area (Å²) in [5.41, 5.74) is 0. The molecule has 0 heterocycles. The molecule has 0 aromatic heterocycles. The summed E-state index contributed by atoms with van der Waals surface area (Å²) in [4.78, 5) is 37.6. The number of hydrogen-bond acceptors (Lipinski definition) is 8. The normalized spacial score (nSPS) is 12.3. The number of nitrogens with zero attached hydrogens (tertiary/aromatic N) is 1. The fraction of sp³-hybridized carbons (Fsp3) is 0.808. The molecule has 10 heteroatoms. The number of ether oxygens (including phenoxy) is 2. The van der Waals surface area contributed by atoms with Gasteiger partial charge < -0.3 is 27.9 Å². The Bertz CT molecular complexity index is 1410. The molecule has 0 rings (SSSR count). The van der Waals surface area contributed by atoms with Crippen molar-refractivity contribution < 1.29 is 42.1 Å². The maximum Gasteiger partial charge on any atom is 0.306 e. The van der Waals surface area contributed by atoms with Crippen LogP contribution in [-0.2, 0) is 32.7 Å². The lowest BCUT2D eigenvalue weighted by molar-refractivity contribution is -0.870. The monoisotopic (exact) mass is 886 g/mol. The van der Waals surface area contributed by atoms with E-state index in [2.05, 4.69) is 61.2 Å². The number of esters is 2. The first-order chi connectivity index (χ1) is 30.0. The average Bonchev–Trinajstić information content (AvgIpc) is 3.23. The van der Waals surface area contributed by atoms with E-state index in [4.69, 9.17) is 18.5 Å². The second kappa shape index (κ2) is 43.5. The Morgan fingerprint density at radius 3 is 1.24 bits per heavy atom. The number of phosphoric ester groups is 1. The molecule has 0 radical (unpaired) electrons. The summed E-state index contributed by atoms with van der Waals surface area (Å²) in [7, 11) is 1.11. The Hall–Kier alpha value is -2.75. The van der Waals surface area contributed by atoms with Crippen molar-refractivity contribution in [3.8, 4) is 47.4 Å². The molecule has 0 aliphatic carbocycles. The number of carbonyl (C=O) groups excluding carboxylic acids is 2. The molecule has 0 fully saturated rings. The second-order valence-corrected chi connectivity index (χ2v) is 19.0. The van der Waals surface area contributed by atoms with Crippen LogP contribution in [0.1, 0.15) is 219 Å². The van der Waals surface area contributed by atoms with Gasteiger partial charge in [-0.05, 0) is 62.2 Å². The molecule has 0 aromatic rings. The first-order valence-corrected chi connectivity index (χ1v) is 26.1. The van der Waals surface area contributed by atoms with Gasteiger partial charge in [-0.2, -0.15) is 0 Å². The molecule has 0 aromatic carbocycles. The summed E-state index contributed by atoms with van der Waals surface area (Å²) in [6, 6.07) is 0. The molecule has 0 bridgehead atoms. The number of rotatable bonds is 40. The molecular formula is C52H88NO8P. The van der Waals surface area contributed by atoms with Gasteiger partial charge in [0.05, 0.1) is 27.7 Å². The van der Waals surface area contributed by atoms with Gasteiger partial charge in [0.25, 0.3) is 7.82 Å². The molecule has 0 N–H and O–H groups in total. The largest absolute Gasteiger partial charge is 0.756 e. The van der Waals surface area contributed by atoms with Gasteiger partial charge in [-0.15, -0.1) is 0 Å². The van der Waals surface area contributed by atoms with Gasteiger partial charge >= 0.3 is 11.9 Å². The SMILES string of the molecule is CCCCCCCCCC#CC#CCCCCCCCCC(=O)OC[C@H](COP(=O)([O-])OCC[N+](C)(C)C)OC(=O)CCCCCCCCC#CC#CCCCCCCCCC. The molecular weight excluding hydrogens is 798 g/mol. The van der Waals surface area contributed by atoms with Gasteiger partial charge in [-0.1, -0.05) is 166 Å². The van der Waals surface area contributed by atoms with Gasteiger partial charge in [-0.25, -0.2) is 0 Å². The Kier molecular flexibility index (Phi) is 41.6. The van der Waals surface area contributed by atoms with E-state index in [9.17, 15) is 19.0 Å². The predicted molar refractivity (Wildman–Crippen MR) is 253 cm³/mol.